The van der Waals surface area contributed by atoms with E-state index in [-0.39, 0.29) is 0 Å². The highest BCUT2D eigenvalue weighted by molar-refractivity contribution is 5.81. The third-order valence-electron chi connectivity index (χ3n) is 2.37. The Morgan fingerprint density at radius 1 is 1.40 bits per heavy atom. The number of carbonyl (C=O) groups excluding carboxylic acids is 1. The second-order valence-corrected chi connectivity index (χ2v) is 3.70. The molecule has 0 atom stereocenters. The van der Waals surface area contributed by atoms with Crippen LogP contribution in [0.1, 0.15) is 44.6 Å². The number of aldehydes is 1. The lowest BCUT2D eigenvalue weighted by Crippen LogP contribution is -1.86. The minimum Gasteiger partial charge on any atom is -0.472 e. The summed E-state index contributed by atoms with van der Waals surface area (Å²) < 4.78 is 4.94. The molecule has 0 N–H and O–H groups in total. The van der Waals surface area contributed by atoms with Gasteiger partial charge in [0.1, 0.15) is 6.29 Å². The summed E-state index contributed by atoms with van der Waals surface area (Å²) in [6.45, 7) is 2.18. The van der Waals surface area contributed by atoms with E-state index in [1.807, 2.05) is 12.1 Å². The van der Waals surface area contributed by atoms with Crippen molar-refractivity contribution in [3.8, 4) is 0 Å². The molecule has 0 aromatic carbocycles. The molecule has 1 rings (SSSR count). The van der Waals surface area contributed by atoms with Crippen LogP contribution in [0.2, 0.25) is 0 Å². The predicted molar refractivity (Wildman–Crippen MR) is 61.5 cm³/mol. The van der Waals surface area contributed by atoms with Gasteiger partial charge in [0.15, 0.2) is 0 Å². The van der Waals surface area contributed by atoms with Crippen LogP contribution in [0.3, 0.4) is 0 Å². The van der Waals surface area contributed by atoms with Crippen LogP contribution in [0.15, 0.2) is 28.6 Å². The fraction of sp³-hybridized carbons (Fsp3) is 0.462. The van der Waals surface area contributed by atoms with Crippen molar-refractivity contribution < 1.29 is 9.21 Å². The smallest absolute Gasteiger partial charge is 0.146 e. The minimum atomic E-state index is 0.854. The van der Waals surface area contributed by atoms with Crippen LogP contribution >= 0.6 is 0 Å². The molecule has 1 heterocycles. The summed E-state index contributed by atoms with van der Waals surface area (Å²) in [5, 5.41) is 0. The maximum atomic E-state index is 10.8. The van der Waals surface area contributed by atoms with Gasteiger partial charge >= 0.3 is 0 Å². The Morgan fingerprint density at radius 3 is 2.87 bits per heavy atom. The second-order valence-electron chi connectivity index (χ2n) is 3.70. The quantitative estimate of drug-likeness (QED) is 0.385. The van der Waals surface area contributed by atoms with E-state index in [0.29, 0.717) is 0 Å². The Labute approximate surface area is 91.0 Å². The van der Waals surface area contributed by atoms with Crippen LogP contribution in [0.5, 0.6) is 0 Å². The highest BCUT2D eigenvalue weighted by Crippen LogP contribution is 2.12. The largest absolute Gasteiger partial charge is 0.472 e. The SMILES string of the molecule is CCCCCCC(C=O)=Cc1ccoc1. The lowest BCUT2D eigenvalue weighted by Gasteiger charge is -1.99. The molecule has 0 spiro atoms. The van der Waals surface area contributed by atoms with Gasteiger partial charge in [0.05, 0.1) is 12.5 Å². The number of carbonyl (C=O) groups is 1. The standard InChI is InChI=1S/C13H18O2/c1-2-3-4-5-6-12(10-14)9-13-7-8-15-11-13/h7-11H,2-6H2,1H3. The normalized spacial score (nSPS) is 11.7. The van der Waals surface area contributed by atoms with E-state index in [9.17, 15) is 4.79 Å². The molecule has 0 saturated heterocycles. The third-order valence-corrected chi connectivity index (χ3v) is 2.37. The molecule has 1 aromatic rings. The van der Waals surface area contributed by atoms with Crippen molar-refractivity contribution in [3.05, 3.63) is 29.7 Å². The zero-order chi connectivity index (χ0) is 10.9. The van der Waals surface area contributed by atoms with Gasteiger partial charge in [-0.1, -0.05) is 26.2 Å². The first-order valence-electron chi connectivity index (χ1n) is 5.54. The van der Waals surface area contributed by atoms with Gasteiger partial charge in [0.25, 0.3) is 0 Å². The monoisotopic (exact) mass is 206 g/mol. The average Bonchev–Trinajstić information content (AvgIpc) is 2.75. The van der Waals surface area contributed by atoms with Crippen molar-refractivity contribution in [2.75, 3.05) is 0 Å². The zero-order valence-corrected chi connectivity index (χ0v) is 9.24. The van der Waals surface area contributed by atoms with Crippen molar-refractivity contribution in [2.45, 2.75) is 39.0 Å². The summed E-state index contributed by atoms with van der Waals surface area (Å²) in [6.07, 6.45) is 11.7. The molecule has 2 heteroatoms. The Bertz CT molecular complexity index is 296. The Hall–Kier alpha value is -1.31. The Morgan fingerprint density at radius 2 is 2.27 bits per heavy atom. The highest BCUT2D eigenvalue weighted by atomic mass is 16.3. The van der Waals surface area contributed by atoms with Crippen LogP contribution < -0.4 is 0 Å². The molecule has 0 radical (unpaired) electrons. The van der Waals surface area contributed by atoms with Gasteiger partial charge < -0.3 is 4.42 Å². The van der Waals surface area contributed by atoms with Gasteiger partial charge in [-0.2, -0.15) is 0 Å². The number of furan rings is 1. The first kappa shape index (κ1) is 11.8. The van der Waals surface area contributed by atoms with Crippen molar-refractivity contribution in [3.63, 3.8) is 0 Å². The Balaban J connectivity index is 2.39. The van der Waals surface area contributed by atoms with Crippen molar-refractivity contribution in [2.24, 2.45) is 0 Å². The Kier molecular flexibility index (Phi) is 5.52. The van der Waals surface area contributed by atoms with Crippen LogP contribution in [-0.2, 0) is 4.79 Å². The summed E-state index contributed by atoms with van der Waals surface area (Å²) in [5.41, 5.74) is 1.82. The first-order valence-corrected chi connectivity index (χ1v) is 5.54. The van der Waals surface area contributed by atoms with Crippen molar-refractivity contribution >= 4 is 12.4 Å². The number of allylic oxidation sites excluding steroid dienone is 1. The summed E-state index contributed by atoms with van der Waals surface area (Å²) >= 11 is 0. The first-order chi connectivity index (χ1) is 7.36. The molecule has 0 amide bonds. The second kappa shape index (κ2) is 7.04. The number of unbranched alkanes of at least 4 members (excludes halogenated alkanes) is 3. The lowest BCUT2D eigenvalue weighted by atomic mass is 10.1. The maximum Gasteiger partial charge on any atom is 0.146 e. The summed E-state index contributed by atoms with van der Waals surface area (Å²) in [4.78, 5) is 10.8. The molecule has 0 aliphatic heterocycles. The predicted octanol–water partition coefficient (Wildman–Crippen LogP) is 3.83. The van der Waals surface area contributed by atoms with E-state index in [1.165, 1.54) is 19.3 Å². The van der Waals surface area contributed by atoms with Gasteiger partial charge in [-0.3, -0.25) is 4.79 Å². The van der Waals surface area contributed by atoms with Crippen LogP contribution in [-0.4, -0.2) is 6.29 Å². The maximum absolute atomic E-state index is 10.8. The molecular formula is C13H18O2. The van der Waals surface area contributed by atoms with Gasteiger partial charge in [-0.25, -0.2) is 0 Å². The molecule has 0 saturated carbocycles. The van der Waals surface area contributed by atoms with Gasteiger partial charge in [-0.05, 0) is 30.6 Å². The van der Waals surface area contributed by atoms with Gasteiger partial charge in [0.2, 0.25) is 0 Å². The van der Waals surface area contributed by atoms with E-state index in [1.54, 1.807) is 12.5 Å². The lowest BCUT2D eigenvalue weighted by molar-refractivity contribution is -0.105. The molecule has 0 aliphatic rings. The number of hydrogen-bond acceptors (Lipinski definition) is 2. The fourth-order valence-electron chi connectivity index (χ4n) is 1.49. The summed E-state index contributed by atoms with van der Waals surface area (Å²) in [6, 6.07) is 1.86. The van der Waals surface area contributed by atoms with E-state index in [2.05, 4.69) is 6.92 Å². The van der Waals surface area contributed by atoms with Crippen molar-refractivity contribution in [1.82, 2.24) is 0 Å². The molecule has 15 heavy (non-hydrogen) atoms. The minimum absolute atomic E-state index is 0.854. The topological polar surface area (TPSA) is 30.2 Å². The number of rotatable bonds is 7. The molecule has 0 bridgehead atoms. The zero-order valence-electron chi connectivity index (χ0n) is 9.24. The molecule has 82 valence electrons. The third kappa shape index (κ3) is 4.63. The van der Waals surface area contributed by atoms with Crippen LogP contribution in [0.25, 0.3) is 6.08 Å². The fourth-order valence-corrected chi connectivity index (χ4v) is 1.49. The van der Waals surface area contributed by atoms with E-state index < -0.39 is 0 Å². The van der Waals surface area contributed by atoms with Gasteiger partial charge in [-0.15, -0.1) is 0 Å². The highest BCUT2D eigenvalue weighted by Gasteiger charge is 1.97. The van der Waals surface area contributed by atoms with E-state index >= 15 is 0 Å². The number of hydrogen-bond donors (Lipinski definition) is 0. The molecular weight excluding hydrogens is 188 g/mol. The van der Waals surface area contributed by atoms with Crippen LogP contribution in [0, 0.1) is 0 Å². The van der Waals surface area contributed by atoms with E-state index in [4.69, 9.17) is 4.42 Å². The molecule has 0 unspecified atom stereocenters. The molecule has 0 fully saturated rings. The molecule has 0 aliphatic carbocycles. The summed E-state index contributed by atoms with van der Waals surface area (Å²) in [7, 11) is 0. The van der Waals surface area contributed by atoms with Crippen molar-refractivity contribution in [1.29, 1.82) is 0 Å². The molecule has 2 nitrogen and oxygen atoms in total. The average molecular weight is 206 g/mol. The molecule has 1 aromatic heterocycles. The van der Waals surface area contributed by atoms with Gasteiger partial charge in [0, 0.05) is 5.56 Å². The van der Waals surface area contributed by atoms with Crippen LogP contribution in [0.4, 0.5) is 0 Å². The summed E-state index contributed by atoms with van der Waals surface area (Å²) in [5.74, 6) is 0. The van der Waals surface area contributed by atoms with E-state index in [0.717, 1.165) is 30.3 Å².